The lowest BCUT2D eigenvalue weighted by Gasteiger charge is -2.56. The predicted molar refractivity (Wildman–Crippen MR) is 95.4 cm³/mol. The first-order valence-electron chi connectivity index (χ1n) is 9.46. The third kappa shape index (κ3) is 2.27. The third-order valence-corrected chi connectivity index (χ3v) is 6.71. The van der Waals surface area contributed by atoms with Gasteiger partial charge >= 0.3 is 0 Å². The summed E-state index contributed by atoms with van der Waals surface area (Å²) in [4.78, 5) is 2.20. The molecule has 3 atom stereocenters. The zero-order valence-electron chi connectivity index (χ0n) is 14.6. The molecule has 2 fully saturated rings. The van der Waals surface area contributed by atoms with Gasteiger partial charge in [-0.2, -0.15) is 0 Å². The molecule has 3 heteroatoms. The zero-order chi connectivity index (χ0) is 16.0. The highest BCUT2D eigenvalue weighted by Crippen LogP contribution is 2.55. The first-order chi connectivity index (χ1) is 11.2. The molecule has 2 N–H and O–H groups in total. The Bertz CT molecular complexity index is 596. The van der Waals surface area contributed by atoms with Crippen LogP contribution in [0.5, 0.6) is 5.75 Å². The van der Waals surface area contributed by atoms with E-state index in [1.807, 2.05) is 0 Å². The van der Waals surface area contributed by atoms with Gasteiger partial charge in [0.05, 0.1) is 5.69 Å². The van der Waals surface area contributed by atoms with Crippen LogP contribution >= 0.6 is 0 Å². The number of hydrogen-bond acceptors (Lipinski definition) is 3. The lowest BCUT2D eigenvalue weighted by molar-refractivity contribution is 0.0796. The Morgan fingerprint density at radius 1 is 1.30 bits per heavy atom. The zero-order valence-corrected chi connectivity index (χ0v) is 14.6. The monoisotopic (exact) mass is 314 g/mol. The van der Waals surface area contributed by atoms with E-state index in [1.54, 1.807) is 0 Å². The predicted octanol–water partition coefficient (Wildman–Crippen LogP) is 3.58. The minimum Gasteiger partial charge on any atom is -0.506 e. The number of nitrogens with zero attached hydrogens (tertiary/aromatic N) is 1. The van der Waals surface area contributed by atoms with E-state index in [9.17, 15) is 5.11 Å². The number of piperidine rings is 1. The normalized spacial score (nSPS) is 32.1. The Kier molecular flexibility index (Phi) is 3.79. The molecule has 3 nitrogen and oxygen atoms in total. The minimum atomic E-state index is 0.334. The molecule has 1 aromatic rings. The molecule has 0 radical (unpaired) electrons. The van der Waals surface area contributed by atoms with Crippen molar-refractivity contribution < 1.29 is 5.11 Å². The molecule has 0 aromatic heterocycles. The summed E-state index contributed by atoms with van der Waals surface area (Å²) in [7, 11) is 2.09. The average Bonchev–Trinajstić information content (AvgIpc) is 2.55. The number of phenolic OH excluding ortho intramolecular Hbond substituents is 1. The lowest BCUT2D eigenvalue weighted by Crippen LogP contribution is -2.59. The molecule has 3 aliphatic rings. The van der Waals surface area contributed by atoms with Gasteiger partial charge in [-0.1, -0.05) is 19.8 Å². The van der Waals surface area contributed by atoms with E-state index in [0.717, 1.165) is 37.5 Å². The van der Waals surface area contributed by atoms with Gasteiger partial charge in [0.15, 0.2) is 0 Å². The van der Waals surface area contributed by atoms with Crippen LogP contribution in [-0.2, 0) is 11.8 Å². The molecule has 0 spiro atoms. The molecule has 0 unspecified atom stereocenters. The average molecular weight is 314 g/mol. The molecule has 2 bridgehead atoms. The first-order valence-corrected chi connectivity index (χ1v) is 9.46. The smallest absolute Gasteiger partial charge is 0.139 e. The number of rotatable bonds is 3. The Morgan fingerprint density at radius 3 is 3.00 bits per heavy atom. The maximum atomic E-state index is 10.7. The Hall–Kier alpha value is -1.22. The maximum Gasteiger partial charge on any atom is 0.139 e. The number of anilines is 1. The van der Waals surface area contributed by atoms with Gasteiger partial charge in [0, 0.05) is 25.0 Å². The van der Waals surface area contributed by atoms with Crippen LogP contribution in [0.3, 0.4) is 0 Å². The van der Waals surface area contributed by atoms with Crippen molar-refractivity contribution in [3.05, 3.63) is 23.3 Å². The van der Waals surface area contributed by atoms with Crippen LogP contribution < -0.4 is 10.2 Å². The molecule has 126 valence electrons. The largest absolute Gasteiger partial charge is 0.506 e. The molecule has 4 rings (SSSR count). The number of fused-ring (bicyclic) bond motifs is 1. The second-order valence-electron chi connectivity index (χ2n) is 7.94. The van der Waals surface area contributed by atoms with E-state index in [2.05, 4.69) is 36.3 Å². The topological polar surface area (TPSA) is 35.5 Å². The molecule has 2 aliphatic carbocycles. The first kappa shape index (κ1) is 15.3. The van der Waals surface area contributed by atoms with Gasteiger partial charge in [-0.15, -0.1) is 0 Å². The second-order valence-corrected chi connectivity index (χ2v) is 7.94. The fourth-order valence-electron chi connectivity index (χ4n) is 5.72. The van der Waals surface area contributed by atoms with Gasteiger partial charge in [-0.3, -0.25) is 0 Å². The van der Waals surface area contributed by atoms with Gasteiger partial charge in [-0.05, 0) is 67.8 Å². The minimum absolute atomic E-state index is 0.334. The Labute approximate surface area is 140 Å². The standard InChI is InChI=1S/C20H30N2O/c1-3-10-22(2)18-12-14-11-17-15-6-4-5-7-20(15,8-9-21-17)16(14)13-19(18)23/h12-13,15,17,21,23H,3-11H2,1-2H3/t15-,17+,20+/m1/s1. The molecule has 1 heterocycles. The van der Waals surface area contributed by atoms with Crippen molar-refractivity contribution in [2.45, 2.75) is 63.3 Å². The van der Waals surface area contributed by atoms with Crippen LogP contribution in [0.15, 0.2) is 12.1 Å². The van der Waals surface area contributed by atoms with Crippen LogP contribution in [0.25, 0.3) is 0 Å². The summed E-state index contributed by atoms with van der Waals surface area (Å²) < 4.78 is 0. The SMILES string of the molecule is CCCN(C)c1cc2c(cc1O)[C@]13CCCC[C@@H]1[C@H](C2)NCC3. The maximum absolute atomic E-state index is 10.7. The lowest BCUT2D eigenvalue weighted by atomic mass is 9.53. The van der Waals surface area contributed by atoms with Gasteiger partial charge in [0.2, 0.25) is 0 Å². The van der Waals surface area contributed by atoms with Crippen molar-refractivity contribution in [2.24, 2.45) is 5.92 Å². The van der Waals surface area contributed by atoms with Crippen LogP contribution in [0, 0.1) is 5.92 Å². The highest BCUT2D eigenvalue weighted by molar-refractivity contribution is 5.63. The van der Waals surface area contributed by atoms with Crippen molar-refractivity contribution in [1.29, 1.82) is 0 Å². The molecule has 1 aromatic carbocycles. The summed E-state index contributed by atoms with van der Waals surface area (Å²) in [6.45, 7) is 4.31. The van der Waals surface area contributed by atoms with Gasteiger partial charge in [0.1, 0.15) is 5.75 Å². The molecular formula is C20H30N2O. The van der Waals surface area contributed by atoms with Gasteiger partial charge in [-0.25, -0.2) is 0 Å². The van der Waals surface area contributed by atoms with Crippen LogP contribution in [0.4, 0.5) is 5.69 Å². The molecule has 23 heavy (non-hydrogen) atoms. The second kappa shape index (κ2) is 5.70. The van der Waals surface area contributed by atoms with Crippen LogP contribution in [0.2, 0.25) is 0 Å². The summed E-state index contributed by atoms with van der Waals surface area (Å²) in [6, 6.07) is 5.06. The van der Waals surface area contributed by atoms with Crippen LogP contribution in [-0.4, -0.2) is 31.3 Å². The summed E-state index contributed by atoms with van der Waals surface area (Å²) in [5, 5.41) is 14.5. The van der Waals surface area contributed by atoms with E-state index in [4.69, 9.17) is 0 Å². The Morgan fingerprint density at radius 2 is 2.17 bits per heavy atom. The van der Waals surface area contributed by atoms with Crippen molar-refractivity contribution in [3.8, 4) is 5.75 Å². The van der Waals surface area contributed by atoms with Gasteiger partial charge in [0.25, 0.3) is 0 Å². The number of nitrogens with one attached hydrogen (secondary N) is 1. The molecular weight excluding hydrogens is 284 g/mol. The van der Waals surface area contributed by atoms with Crippen molar-refractivity contribution in [1.82, 2.24) is 5.32 Å². The third-order valence-electron chi connectivity index (χ3n) is 6.71. The summed E-state index contributed by atoms with van der Waals surface area (Å²) in [6.07, 6.45) is 8.87. The molecule has 1 saturated heterocycles. The number of hydrogen-bond donors (Lipinski definition) is 2. The molecule has 0 amide bonds. The van der Waals surface area contributed by atoms with Crippen molar-refractivity contribution >= 4 is 5.69 Å². The highest BCUT2D eigenvalue weighted by atomic mass is 16.3. The molecule has 1 saturated carbocycles. The number of aromatic hydroxyl groups is 1. The quantitative estimate of drug-likeness (QED) is 0.895. The summed E-state index contributed by atoms with van der Waals surface area (Å²) in [5.41, 5.74) is 4.30. The van der Waals surface area contributed by atoms with Crippen molar-refractivity contribution in [3.63, 3.8) is 0 Å². The highest BCUT2D eigenvalue weighted by Gasteiger charge is 2.51. The van der Waals surface area contributed by atoms with E-state index in [-0.39, 0.29) is 0 Å². The van der Waals surface area contributed by atoms with Crippen molar-refractivity contribution in [2.75, 3.05) is 25.0 Å². The van der Waals surface area contributed by atoms with E-state index in [0.29, 0.717) is 17.2 Å². The Balaban J connectivity index is 1.80. The fraction of sp³-hybridized carbons (Fsp3) is 0.700. The van der Waals surface area contributed by atoms with E-state index < -0.39 is 0 Å². The number of benzene rings is 1. The summed E-state index contributed by atoms with van der Waals surface area (Å²) >= 11 is 0. The number of phenols is 1. The van der Waals surface area contributed by atoms with E-state index in [1.165, 1.54) is 43.2 Å². The fourth-order valence-corrected chi connectivity index (χ4v) is 5.72. The van der Waals surface area contributed by atoms with Gasteiger partial charge < -0.3 is 15.3 Å². The molecule has 1 aliphatic heterocycles. The summed E-state index contributed by atoms with van der Waals surface area (Å²) in [5.74, 6) is 1.26. The van der Waals surface area contributed by atoms with Crippen LogP contribution in [0.1, 0.15) is 56.6 Å². The van der Waals surface area contributed by atoms with E-state index >= 15 is 0 Å².